The maximum atomic E-state index is 12.0. The highest BCUT2D eigenvalue weighted by molar-refractivity contribution is 6.44. The van der Waals surface area contributed by atoms with Crippen molar-refractivity contribution in [1.82, 2.24) is 10.7 Å². The molecule has 1 aromatic carbocycles. The van der Waals surface area contributed by atoms with Crippen LogP contribution < -0.4 is 16.1 Å². The largest absolute Gasteiger partial charge is 0.355 e. The SMILES string of the molecule is CNC(=O)c1ccc(Cl)c(NC(=O)C2=NNC(=O)CC2)c1. The topological polar surface area (TPSA) is 99.7 Å². The molecule has 0 radical (unpaired) electrons. The van der Waals surface area contributed by atoms with E-state index >= 15 is 0 Å². The maximum absolute atomic E-state index is 12.0. The van der Waals surface area contributed by atoms with E-state index in [9.17, 15) is 14.4 Å². The Labute approximate surface area is 125 Å². The molecule has 0 fully saturated rings. The summed E-state index contributed by atoms with van der Waals surface area (Å²) in [6, 6.07) is 4.54. The van der Waals surface area contributed by atoms with Gasteiger partial charge in [-0.1, -0.05) is 11.6 Å². The van der Waals surface area contributed by atoms with Gasteiger partial charge in [0.25, 0.3) is 11.8 Å². The Bertz CT molecular complexity index is 642. The van der Waals surface area contributed by atoms with Crippen molar-refractivity contribution in [3.05, 3.63) is 28.8 Å². The molecule has 1 aliphatic heterocycles. The van der Waals surface area contributed by atoms with Gasteiger partial charge >= 0.3 is 0 Å². The fourth-order valence-electron chi connectivity index (χ4n) is 1.74. The Morgan fingerprint density at radius 2 is 2.05 bits per heavy atom. The molecule has 0 spiro atoms. The summed E-state index contributed by atoms with van der Waals surface area (Å²) in [6.07, 6.45) is 0.461. The lowest BCUT2D eigenvalue weighted by molar-refractivity contribution is -0.121. The predicted octanol–water partition coefficient (Wildman–Crippen LogP) is 0.904. The van der Waals surface area contributed by atoms with Crippen LogP contribution >= 0.6 is 11.6 Å². The Morgan fingerprint density at radius 3 is 2.67 bits per heavy atom. The summed E-state index contributed by atoms with van der Waals surface area (Å²) in [5.41, 5.74) is 3.13. The minimum atomic E-state index is -0.467. The average molecular weight is 309 g/mol. The number of carbonyl (C=O) groups is 3. The van der Waals surface area contributed by atoms with Crippen LogP contribution in [0.3, 0.4) is 0 Å². The summed E-state index contributed by atoms with van der Waals surface area (Å²) in [5.74, 6) is -0.985. The summed E-state index contributed by atoms with van der Waals surface area (Å²) < 4.78 is 0. The smallest absolute Gasteiger partial charge is 0.271 e. The second-order valence-corrected chi connectivity index (χ2v) is 4.73. The van der Waals surface area contributed by atoms with Crippen molar-refractivity contribution in [2.24, 2.45) is 5.10 Å². The van der Waals surface area contributed by atoms with Gasteiger partial charge in [-0.2, -0.15) is 5.10 Å². The summed E-state index contributed by atoms with van der Waals surface area (Å²) in [6.45, 7) is 0. The minimum absolute atomic E-state index is 0.205. The van der Waals surface area contributed by atoms with Crippen LogP contribution in [-0.4, -0.2) is 30.5 Å². The van der Waals surface area contributed by atoms with Crippen molar-refractivity contribution in [3.63, 3.8) is 0 Å². The molecule has 0 unspecified atom stereocenters. The van der Waals surface area contributed by atoms with Crippen molar-refractivity contribution in [3.8, 4) is 0 Å². The van der Waals surface area contributed by atoms with Crippen LogP contribution in [0.2, 0.25) is 5.02 Å². The van der Waals surface area contributed by atoms with Gasteiger partial charge in [-0.15, -0.1) is 0 Å². The van der Waals surface area contributed by atoms with E-state index in [4.69, 9.17) is 11.6 Å². The number of hydrogen-bond acceptors (Lipinski definition) is 4. The molecule has 1 heterocycles. The Balaban J connectivity index is 2.17. The van der Waals surface area contributed by atoms with Crippen molar-refractivity contribution in [2.75, 3.05) is 12.4 Å². The van der Waals surface area contributed by atoms with Crippen molar-refractivity contribution in [1.29, 1.82) is 0 Å². The standard InChI is InChI=1S/C13H13ClN4O3/c1-15-12(20)7-2-3-8(14)10(6-7)16-13(21)9-4-5-11(19)18-17-9/h2-3,6H,4-5H2,1H3,(H,15,20)(H,16,21)(H,18,19). The van der Waals surface area contributed by atoms with E-state index < -0.39 is 5.91 Å². The van der Waals surface area contributed by atoms with E-state index in [-0.39, 0.29) is 30.4 Å². The molecular formula is C13H13ClN4O3. The summed E-state index contributed by atoms with van der Waals surface area (Å²) >= 11 is 5.99. The second kappa shape index (κ2) is 6.36. The van der Waals surface area contributed by atoms with Crippen molar-refractivity contribution < 1.29 is 14.4 Å². The minimum Gasteiger partial charge on any atom is -0.355 e. The van der Waals surface area contributed by atoms with Gasteiger partial charge in [0, 0.05) is 25.5 Å². The zero-order valence-corrected chi connectivity index (χ0v) is 12.0. The number of hydrogen-bond donors (Lipinski definition) is 3. The molecule has 1 aliphatic rings. The monoisotopic (exact) mass is 308 g/mol. The van der Waals surface area contributed by atoms with Crippen LogP contribution in [0.1, 0.15) is 23.2 Å². The Kier molecular flexibility index (Phi) is 4.54. The zero-order chi connectivity index (χ0) is 15.4. The van der Waals surface area contributed by atoms with Crippen LogP contribution in [0, 0.1) is 0 Å². The van der Waals surface area contributed by atoms with Crippen LogP contribution in [0.25, 0.3) is 0 Å². The molecule has 21 heavy (non-hydrogen) atoms. The number of anilines is 1. The van der Waals surface area contributed by atoms with Gasteiger partial charge in [-0.3, -0.25) is 14.4 Å². The van der Waals surface area contributed by atoms with E-state index in [2.05, 4.69) is 21.2 Å². The molecule has 0 aliphatic carbocycles. The fourth-order valence-corrected chi connectivity index (χ4v) is 1.90. The number of nitrogens with zero attached hydrogens (tertiary/aromatic N) is 1. The fraction of sp³-hybridized carbons (Fsp3) is 0.231. The Hall–Kier alpha value is -2.41. The molecule has 7 nitrogen and oxygen atoms in total. The highest BCUT2D eigenvalue weighted by Crippen LogP contribution is 2.23. The van der Waals surface area contributed by atoms with Crippen LogP contribution in [-0.2, 0) is 9.59 Å². The molecular weight excluding hydrogens is 296 g/mol. The number of amides is 3. The number of benzene rings is 1. The van der Waals surface area contributed by atoms with E-state index in [1.54, 1.807) is 6.07 Å². The zero-order valence-electron chi connectivity index (χ0n) is 11.2. The maximum Gasteiger partial charge on any atom is 0.271 e. The number of nitrogens with one attached hydrogen (secondary N) is 3. The van der Waals surface area contributed by atoms with Gasteiger partial charge in [-0.05, 0) is 18.2 Å². The second-order valence-electron chi connectivity index (χ2n) is 4.32. The van der Waals surface area contributed by atoms with E-state index in [1.807, 2.05) is 0 Å². The molecule has 2 rings (SSSR count). The van der Waals surface area contributed by atoms with Gasteiger partial charge in [0.2, 0.25) is 5.91 Å². The normalized spacial score (nSPS) is 14.0. The molecule has 0 saturated carbocycles. The third-order valence-electron chi connectivity index (χ3n) is 2.87. The highest BCUT2D eigenvalue weighted by atomic mass is 35.5. The van der Waals surface area contributed by atoms with Gasteiger partial charge < -0.3 is 10.6 Å². The molecule has 3 N–H and O–H groups in total. The summed E-state index contributed by atoms with van der Waals surface area (Å²) in [7, 11) is 1.51. The lowest BCUT2D eigenvalue weighted by atomic mass is 10.1. The first-order valence-electron chi connectivity index (χ1n) is 6.19. The summed E-state index contributed by atoms with van der Waals surface area (Å²) in [5, 5.41) is 9.06. The third kappa shape index (κ3) is 3.57. The van der Waals surface area contributed by atoms with Gasteiger partial charge in [0.15, 0.2) is 0 Å². The lowest BCUT2D eigenvalue weighted by Gasteiger charge is -2.13. The van der Waals surface area contributed by atoms with E-state index in [0.717, 1.165) is 0 Å². The number of hydrazone groups is 1. The molecule has 110 valence electrons. The molecule has 1 aromatic rings. The number of halogens is 1. The van der Waals surface area contributed by atoms with Crippen LogP contribution in [0.4, 0.5) is 5.69 Å². The van der Waals surface area contributed by atoms with Crippen molar-refractivity contribution in [2.45, 2.75) is 12.8 Å². The number of rotatable bonds is 3. The van der Waals surface area contributed by atoms with E-state index in [1.165, 1.54) is 19.2 Å². The van der Waals surface area contributed by atoms with Gasteiger partial charge in [-0.25, -0.2) is 5.43 Å². The molecule has 0 atom stereocenters. The molecule has 0 saturated heterocycles. The van der Waals surface area contributed by atoms with Crippen LogP contribution in [0.15, 0.2) is 23.3 Å². The predicted molar refractivity (Wildman–Crippen MR) is 78.3 cm³/mol. The highest BCUT2D eigenvalue weighted by Gasteiger charge is 2.19. The molecule has 8 heteroatoms. The lowest BCUT2D eigenvalue weighted by Crippen LogP contribution is -2.32. The third-order valence-corrected chi connectivity index (χ3v) is 3.20. The first-order chi connectivity index (χ1) is 10.0. The number of carbonyl (C=O) groups excluding carboxylic acids is 3. The first-order valence-corrected chi connectivity index (χ1v) is 6.57. The van der Waals surface area contributed by atoms with Gasteiger partial charge in [0.1, 0.15) is 5.71 Å². The first kappa shape index (κ1) is 15.0. The van der Waals surface area contributed by atoms with E-state index in [0.29, 0.717) is 16.3 Å². The molecule has 0 aromatic heterocycles. The quantitative estimate of drug-likeness (QED) is 0.773. The van der Waals surface area contributed by atoms with Crippen molar-refractivity contribution >= 4 is 40.7 Å². The molecule has 0 bridgehead atoms. The average Bonchev–Trinajstić information content (AvgIpc) is 2.49. The summed E-state index contributed by atoms with van der Waals surface area (Å²) in [4.78, 5) is 34.6. The van der Waals surface area contributed by atoms with Crippen LogP contribution in [0.5, 0.6) is 0 Å². The molecule has 3 amide bonds. The Morgan fingerprint density at radius 1 is 1.29 bits per heavy atom. The van der Waals surface area contributed by atoms with Gasteiger partial charge in [0.05, 0.1) is 10.7 Å².